The molecule has 0 fully saturated rings. The van der Waals surface area contributed by atoms with E-state index in [-0.39, 0.29) is 4.90 Å². The van der Waals surface area contributed by atoms with Gasteiger partial charge in [0.15, 0.2) is 0 Å². The zero-order valence-corrected chi connectivity index (χ0v) is 18.8. The third kappa shape index (κ3) is 4.88. The molecule has 0 atom stereocenters. The maximum Gasteiger partial charge on any atom is 0.274 e. The summed E-state index contributed by atoms with van der Waals surface area (Å²) in [5.41, 5.74) is 2.40. The van der Waals surface area contributed by atoms with E-state index in [4.69, 9.17) is 4.74 Å². The number of aromatic nitrogens is 2. The number of anilines is 2. The van der Waals surface area contributed by atoms with Gasteiger partial charge >= 0.3 is 0 Å². The van der Waals surface area contributed by atoms with Gasteiger partial charge in [-0.1, -0.05) is 24.3 Å². The predicted molar refractivity (Wildman–Crippen MR) is 126 cm³/mol. The van der Waals surface area contributed by atoms with Crippen LogP contribution < -0.4 is 14.8 Å². The fraction of sp³-hybridized carbons (Fsp3) is 0.0833. The van der Waals surface area contributed by atoms with Crippen molar-refractivity contribution in [2.24, 2.45) is 0 Å². The highest BCUT2D eigenvalue weighted by molar-refractivity contribution is 7.92. The molecule has 0 saturated heterocycles. The van der Waals surface area contributed by atoms with E-state index in [0.29, 0.717) is 28.4 Å². The molecule has 0 aliphatic heterocycles. The highest BCUT2D eigenvalue weighted by Crippen LogP contribution is 2.24. The van der Waals surface area contributed by atoms with Gasteiger partial charge in [0.05, 0.1) is 24.5 Å². The molecule has 1 heterocycles. The van der Waals surface area contributed by atoms with Crippen LogP contribution in [0.4, 0.5) is 11.4 Å². The van der Waals surface area contributed by atoms with Crippen molar-refractivity contribution in [3.8, 4) is 11.4 Å². The number of hydrogen-bond donors (Lipinski definition) is 2. The maximum absolute atomic E-state index is 13.0. The molecule has 9 heteroatoms. The number of imidazole rings is 1. The first kappa shape index (κ1) is 22.1. The number of sulfonamides is 1. The Morgan fingerprint density at radius 1 is 0.970 bits per heavy atom. The second kappa shape index (κ2) is 9.17. The summed E-state index contributed by atoms with van der Waals surface area (Å²) in [5, 5.41) is 2.76. The molecule has 1 amide bonds. The summed E-state index contributed by atoms with van der Waals surface area (Å²) in [6, 6.07) is 20.6. The smallest absolute Gasteiger partial charge is 0.274 e. The molecule has 0 aliphatic carbocycles. The number of ether oxygens (including phenoxy) is 1. The minimum atomic E-state index is -3.89. The summed E-state index contributed by atoms with van der Waals surface area (Å²) in [6.07, 6.45) is 3.01. The molecule has 0 bridgehead atoms. The lowest BCUT2D eigenvalue weighted by atomic mass is 10.2. The fourth-order valence-corrected chi connectivity index (χ4v) is 4.62. The number of nitrogens with one attached hydrogen (secondary N) is 2. The quantitative estimate of drug-likeness (QED) is 0.428. The summed E-state index contributed by atoms with van der Waals surface area (Å²) in [5.74, 6) is 0.209. The van der Waals surface area contributed by atoms with Gasteiger partial charge < -0.3 is 10.1 Å². The van der Waals surface area contributed by atoms with E-state index in [1.807, 2.05) is 30.3 Å². The van der Waals surface area contributed by atoms with Gasteiger partial charge in [0.25, 0.3) is 15.9 Å². The van der Waals surface area contributed by atoms with Crippen molar-refractivity contribution in [2.75, 3.05) is 17.1 Å². The Hall–Kier alpha value is -4.11. The molecule has 1 aromatic heterocycles. The van der Waals surface area contributed by atoms with Crippen molar-refractivity contribution in [1.29, 1.82) is 0 Å². The first-order chi connectivity index (χ1) is 15.9. The van der Waals surface area contributed by atoms with Crippen LogP contribution in [-0.2, 0) is 10.0 Å². The van der Waals surface area contributed by atoms with E-state index < -0.39 is 15.9 Å². The number of carbonyl (C=O) groups excluding carboxylic acids is 1. The molecular formula is C24H22N4O4S. The number of benzene rings is 3. The van der Waals surface area contributed by atoms with Crippen LogP contribution in [-0.4, -0.2) is 31.0 Å². The van der Waals surface area contributed by atoms with Crippen molar-refractivity contribution in [3.05, 3.63) is 96.6 Å². The molecular weight excluding hydrogens is 440 g/mol. The van der Waals surface area contributed by atoms with E-state index in [9.17, 15) is 13.2 Å². The van der Waals surface area contributed by atoms with Gasteiger partial charge in [-0.2, -0.15) is 0 Å². The Labute approximate surface area is 191 Å². The summed E-state index contributed by atoms with van der Waals surface area (Å²) in [4.78, 5) is 17.1. The maximum atomic E-state index is 13.0. The van der Waals surface area contributed by atoms with Crippen LogP contribution in [0.2, 0.25) is 0 Å². The highest BCUT2D eigenvalue weighted by Gasteiger charge is 2.19. The molecule has 2 N–H and O–H groups in total. The Kier molecular flexibility index (Phi) is 6.14. The fourth-order valence-electron chi connectivity index (χ4n) is 3.29. The Balaban J connectivity index is 1.57. The lowest BCUT2D eigenvalue weighted by Crippen LogP contribution is -2.18. The first-order valence-corrected chi connectivity index (χ1v) is 11.5. The average Bonchev–Trinajstić information content (AvgIpc) is 3.31. The molecule has 0 unspecified atom stereocenters. The topological polar surface area (TPSA) is 102 Å². The predicted octanol–water partition coefficient (Wildman–Crippen LogP) is 4.24. The van der Waals surface area contributed by atoms with Crippen molar-refractivity contribution >= 4 is 27.3 Å². The molecule has 3 aromatic carbocycles. The number of amides is 1. The first-order valence-electron chi connectivity index (χ1n) is 10.0. The summed E-state index contributed by atoms with van der Waals surface area (Å²) < 4.78 is 35.3. The van der Waals surface area contributed by atoms with Crippen LogP contribution in [0.5, 0.6) is 5.75 Å². The van der Waals surface area contributed by atoms with Gasteiger partial charge in [0, 0.05) is 17.1 Å². The molecule has 8 nitrogen and oxygen atoms in total. The van der Waals surface area contributed by atoms with E-state index in [2.05, 4.69) is 15.0 Å². The van der Waals surface area contributed by atoms with E-state index >= 15 is 0 Å². The van der Waals surface area contributed by atoms with Crippen molar-refractivity contribution in [1.82, 2.24) is 9.55 Å². The van der Waals surface area contributed by atoms with Gasteiger partial charge in [-0.05, 0) is 61.0 Å². The van der Waals surface area contributed by atoms with Crippen LogP contribution in [0.1, 0.15) is 16.1 Å². The minimum absolute atomic E-state index is 0.0627. The Bertz CT molecular complexity index is 1380. The minimum Gasteiger partial charge on any atom is -0.497 e. The summed E-state index contributed by atoms with van der Waals surface area (Å²) in [6.45, 7) is 1.69. The zero-order valence-electron chi connectivity index (χ0n) is 18.0. The number of carbonyl (C=O) groups is 1. The molecule has 4 rings (SSSR count). The summed E-state index contributed by atoms with van der Waals surface area (Å²) >= 11 is 0. The van der Waals surface area contributed by atoms with Crippen LogP contribution in [0.25, 0.3) is 5.69 Å². The molecule has 0 aliphatic rings. The van der Waals surface area contributed by atoms with Crippen molar-refractivity contribution in [3.63, 3.8) is 0 Å². The molecule has 4 aromatic rings. The Morgan fingerprint density at radius 2 is 1.67 bits per heavy atom. The molecule has 168 valence electrons. The second-order valence-corrected chi connectivity index (χ2v) is 8.90. The number of nitrogens with zero attached hydrogens (tertiary/aromatic N) is 2. The normalized spacial score (nSPS) is 11.1. The van der Waals surface area contributed by atoms with Gasteiger partial charge in [-0.15, -0.1) is 0 Å². The van der Waals surface area contributed by atoms with Gasteiger partial charge in [0.2, 0.25) is 0 Å². The number of methoxy groups -OCH3 is 1. The van der Waals surface area contributed by atoms with E-state index in [1.54, 1.807) is 54.2 Å². The SMILES string of the molecule is COc1ccc(NS(=O)(=O)c2cc(NC(=O)c3cncn3-c3ccccc3)ccc2C)cc1. The largest absolute Gasteiger partial charge is 0.497 e. The molecule has 0 saturated carbocycles. The van der Waals surface area contributed by atoms with Crippen molar-refractivity contribution < 1.29 is 17.9 Å². The number of aryl methyl sites for hydroxylation is 1. The molecule has 0 spiro atoms. The lowest BCUT2D eigenvalue weighted by molar-refractivity contribution is 0.102. The van der Waals surface area contributed by atoms with Gasteiger partial charge in [-0.25, -0.2) is 13.4 Å². The van der Waals surface area contributed by atoms with E-state index in [1.165, 1.54) is 19.4 Å². The van der Waals surface area contributed by atoms with Crippen LogP contribution in [0.15, 0.2) is 90.2 Å². The monoisotopic (exact) mass is 462 g/mol. The third-order valence-corrected chi connectivity index (χ3v) is 6.51. The zero-order chi connectivity index (χ0) is 23.4. The summed E-state index contributed by atoms with van der Waals surface area (Å²) in [7, 11) is -2.35. The number of para-hydroxylation sites is 1. The average molecular weight is 463 g/mol. The van der Waals surface area contributed by atoms with Crippen LogP contribution in [0, 0.1) is 6.92 Å². The molecule has 0 radical (unpaired) electrons. The van der Waals surface area contributed by atoms with E-state index in [0.717, 1.165) is 5.69 Å². The van der Waals surface area contributed by atoms with Gasteiger partial charge in [0.1, 0.15) is 11.4 Å². The highest BCUT2D eigenvalue weighted by atomic mass is 32.2. The van der Waals surface area contributed by atoms with Crippen molar-refractivity contribution in [2.45, 2.75) is 11.8 Å². The molecule has 33 heavy (non-hydrogen) atoms. The number of hydrogen-bond acceptors (Lipinski definition) is 5. The number of rotatable bonds is 7. The second-order valence-electron chi connectivity index (χ2n) is 7.25. The third-order valence-electron chi connectivity index (χ3n) is 4.98. The lowest BCUT2D eigenvalue weighted by Gasteiger charge is -2.13. The van der Waals surface area contributed by atoms with Crippen LogP contribution >= 0.6 is 0 Å². The van der Waals surface area contributed by atoms with Crippen LogP contribution in [0.3, 0.4) is 0 Å². The Morgan fingerprint density at radius 3 is 2.36 bits per heavy atom. The standard InChI is InChI=1S/C24H22N4O4S/c1-17-8-9-19(14-23(17)33(30,31)27-18-10-12-21(32-2)13-11-18)26-24(29)22-15-25-16-28(22)20-6-4-3-5-7-20/h3-16,27H,1-2H3,(H,26,29). The van der Waals surface area contributed by atoms with Gasteiger partial charge in [-0.3, -0.25) is 14.1 Å².